The fraction of sp³-hybridized carbons (Fsp3) is 0.174. The van der Waals surface area contributed by atoms with Gasteiger partial charge in [-0.25, -0.2) is 0 Å². The molecule has 0 unspecified atom stereocenters. The standard InChI is InChI=1S/C23H23N5O5S/c1-23(2,13-33-19-9-5-7-16-20(19)21(24)28-34(31,32)27-16)26-22(30)14-10-11-25-17(12-14)15-6-3-4-8-18(15)29/h3-12,27,29H,13H2,1-2H3,(H2,24,28)(H,26,30). The van der Waals surface area contributed by atoms with E-state index in [1.165, 1.54) is 6.20 Å². The molecule has 4 rings (SSSR count). The first-order valence-electron chi connectivity index (χ1n) is 10.3. The molecule has 5 N–H and O–H groups in total. The zero-order valence-corrected chi connectivity index (χ0v) is 19.3. The Kier molecular flexibility index (Phi) is 5.88. The molecule has 3 aromatic rings. The molecule has 0 bridgehead atoms. The molecule has 0 saturated heterocycles. The van der Waals surface area contributed by atoms with Crippen LogP contribution in [0.2, 0.25) is 0 Å². The molecule has 176 valence electrons. The maximum atomic E-state index is 12.9. The number of hydrogen-bond donors (Lipinski definition) is 4. The maximum Gasteiger partial charge on any atom is 0.344 e. The number of aromatic hydroxyl groups is 1. The number of hydrogen-bond acceptors (Lipinski definition) is 7. The van der Waals surface area contributed by atoms with E-state index in [4.69, 9.17) is 10.5 Å². The SMILES string of the molecule is CC(C)(COc1cccc2c1C(N)=NS(=O)(=O)N2)NC(=O)c1ccnc(-c2ccccc2O)c1. The number of carbonyl (C=O) groups excluding carboxylic acids is 1. The Bertz CT molecular complexity index is 1400. The summed E-state index contributed by atoms with van der Waals surface area (Å²) in [5, 5.41) is 13.0. The molecule has 1 aliphatic rings. The van der Waals surface area contributed by atoms with Crippen molar-refractivity contribution >= 4 is 27.6 Å². The highest BCUT2D eigenvalue weighted by Gasteiger charge is 2.27. The van der Waals surface area contributed by atoms with Crippen LogP contribution in [0.1, 0.15) is 29.8 Å². The smallest absolute Gasteiger partial charge is 0.344 e. The van der Waals surface area contributed by atoms with Crippen LogP contribution in [0.5, 0.6) is 11.5 Å². The molecule has 0 aliphatic carbocycles. The van der Waals surface area contributed by atoms with Crippen molar-refractivity contribution in [2.45, 2.75) is 19.4 Å². The van der Waals surface area contributed by atoms with Gasteiger partial charge in [-0.3, -0.25) is 14.5 Å². The number of nitrogens with zero attached hydrogens (tertiary/aromatic N) is 2. The van der Waals surface area contributed by atoms with Gasteiger partial charge in [-0.1, -0.05) is 18.2 Å². The first-order chi connectivity index (χ1) is 16.0. The largest absolute Gasteiger partial charge is 0.507 e. The molecule has 1 amide bonds. The van der Waals surface area contributed by atoms with Crippen molar-refractivity contribution in [1.29, 1.82) is 0 Å². The number of amides is 1. The molecule has 0 spiro atoms. The van der Waals surface area contributed by atoms with E-state index in [1.807, 2.05) is 0 Å². The normalized spacial score (nSPS) is 14.4. The number of amidine groups is 1. The third kappa shape index (κ3) is 4.94. The predicted molar refractivity (Wildman–Crippen MR) is 128 cm³/mol. The van der Waals surface area contributed by atoms with Gasteiger partial charge in [0.15, 0.2) is 5.84 Å². The second kappa shape index (κ2) is 8.67. The van der Waals surface area contributed by atoms with Gasteiger partial charge in [-0.15, -0.1) is 4.40 Å². The van der Waals surface area contributed by atoms with Crippen molar-refractivity contribution in [3.05, 3.63) is 71.9 Å². The Morgan fingerprint density at radius 1 is 1.18 bits per heavy atom. The fourth-order valence-electron chi connectivity index (χ4n) is 3.42. The quantitative estimate of drug-likeness (QED) is 0.421. The van der Waals surface area contributed by atoms with Crippen molar-refractivity contribution in [2.75, 3.05) is 11.3 Å². The molecule has 1 aliphatic heterocycles. The number of ether oxygens (including phenoxy) is 1. The van der Waals surface area contributed by atoms with E-state index < -0.39 is 15.7 Å². The first-order valence-corrected chi connectivity index (χ1v) is 11.7. The van der Waals surface area contributed by atoms with E-state index in [9.17, 15) is 18.3 Å². The van der Waals surface area contributed by atoms with Gasteiger partial charge in [0, 0.05) is 17.3 Å². The van der Waals surface area contributed by atoms with E-state index in [1.54, 1.807) is 68.4 Å². The lowest BCUT2D eigenvalue weighted by molar-refractivity contribution is 0.0880. The minimum Gasteiger partial charge on any atom is -0.507 e. The Morgan fingerprint density at radius 3 is 2.71 bits per heavy atom. The van der Waals surface area contributed by atoms with Gasteiger partial charge in [0.05, 0.1) is 22.5 Å². The summed E-state index contributed by atoms with van der Waals surface area (Å²) in [6.45, 7) is 3.63. The molecule has 0 fully saturated rings. The number of nitrogens with two attached hydrogens (primary N) is 1. The summed E-state index contributed by atoms with van der Waals surface area (Å²) < 4.78 is 35.2. The molecular formula is C23H23N5O5S. The van der Waals surface area contributed by atoms with Crippen LogP contribution in [0, 0.1) is 0 Å². The van der Waals surface area contributed by atoms with Gasteiger partial charge in [0.2, 0.25) is 0 Å². The summed E-state index contributed by atoms with van der Waals surface area (Å²) in [7, 11) is -3.90. The van der Waals surface area contributed by atoms with Gasteiger partial charge in [0.1, 0.15) is 18.1 Å². The van der Waals surface area contributed by atoms with Gasteiger partial charge in [0.25, 0.3) is 5.91 Å². The number of pyridine rings is 1. The number of carbonyl (C=O) groups is 1. The lowest BCUT2D eigenvalue weighted by Gasteiger charge is -2.27. The third-order valence-corrected chi connectivity index (χ3v) is 5.90. The van der Waals surface area contributed by atoms with Crippen molar-refractivity contribution in [1.82, 2.24) is 10.3 Å². The van der Waals surface area contributed by atoms with Gasteiger partial charge < -0.3 is 20.9 Å². The number of fused-ring (bicyclic) bond motifs is 1. The Balaban J connectivity index is 1.49. The minimum absolute atomic E-state index is 0.0621. The minimum atomic E-state index is -3.90. The average Bonchev–Trinajstić information content (AvgIpc) is 2.77. The Morgan fingerprint density at radius 2 is 1.94 bits per heavy atom. The lowest BCUT2D eigenvalue weighted by Crippen LogP contribution is -2.48. The van der Waals surface area contributed by atoms with Crippen molar-refractivity contribution in [2.24, 2.45) is 10.1 Å². The van der Waals surface area contributed by atoms with Crippen LogP contribution < -0.4 is 20.5 Å². The molecule has 0 radical (unpaired) electrons. The number of nitrogens with one attached hydrogen (secondary N) is 2. The molecule has 34 heavy (non-hydrogen) atoms. The molecule has 0 saturated carbocycles. The topological polar surface area (TPSA) is 156 Å². The third-order valence-electron chi connectivity index (χ3n) is 4.98. The number of para-hydroxylation sites is 1. The van der Waals surface area contributed by atoms with Gasteiger partial charge >= 0.3 is 10.2 Å². The molecule has 1 aromatic heterocycles. The number of rotatable bonds is 6. The van der Waals surface area contributed by atoms with Crippen LogP contribution in [-0.2, 0) is 10.2 Å². The summed E-state index contributed by atoms with van der Waals surface area (Å²) in [6.07, 6.45) is 1.50. The van der Waals surface area contributed by atoms with E-state index in [-0.39, 0.29) is 29.8 Å². The van der Waals surface area contributed by atoms with E-state index in [2.05, 4.69) is 19.4 Å². The molecule has 0 atom stereocenters. The zero-order chi connectivity index (χ0) is 24.5. The van der Waals surface area contributed by atoms with Gasteiger partial charge in [-0.05, 0) is 50.2 Å². The highest BCUT2D eigenvalue weighted by molar-refractivity contribution is 7.91. The summed E-state index contributed by atoms with van der Waals surface area (Å²) in [4.78, 5) is 17.2. The first kappa shape index (κ1) is 23.1. The highest BCUT2D eigenvalue weighted by Crippen LogP contribution is 2.31. The van der Waals surface area contributed by atoms with Crippen LogP contribution in [0.3, 0.4) is 0 Å². The summed E-state index contributed by atoms with van der Waals surface area (Å²) in [5.41, 5.74) is 6.99. The monoisotopic (exact) mass is 481 g/mol. The molecular weight excluding hydrogens is 458 g/mol. The van der Waals surface area contributed by atoms with E-state index >= 15 is 0 Å². The predicted octanol–water partition coefficient (Wildman–Crippen LogP) is 2.42. The second-order valence-electron chi connectivity index (χ2n) is 8.31. The second-order valence-corrected chi connectivity index (χ2v) is 9.64. The number of anilines is 1. The van der Waals surface area contributed by atoms with E-state index in [0.29, 0.717) is 28.1 Å². The van der Waals surface area contributed by atoms with Crippen LogP contribution >= 0.6 is 0 Å². The molecule has 2 heterocycles. The fourth-order valence-corrected chi connectivity index (χ4v) is 4.26. The van der Waals surface area contributed by atoms with Gasteiger partial charge in [-0.2, -0.15) is 8.42 Å². The molecule has 11 heteroatoms. The lowest BCUT2D eigenvalue weighted by atomic mass is 10.0. The Labute approximate surface area is 196 Å². The zero-order valence-electron chi connectivity index (χ0n) is 18.4. The number of benzene rings is 2. The maximum absolute atomic E-state index is 12.9. The van der Waals surface area contributed by atoms with Crippen molar-refractivity contribution in [3.63, 3.8) is 0 Å². The Hall–Kier alpha value is -4.12. The molecule has 2 aromatic carbocycles. The van der Waals surface area contributed by atoms with Crippen LogP contribution in [-0.4, -0.2) is 42.4 Å². The highest BCUT2D eigenvalue weighted by atomic mass is 32.2. The summed E-state index contributed by atoms with van der Waals surface area (Å²) in [5.74, 6) is -0.136. The molecule has 10 nitrogen and oxygen atoms in total. The van der Waals surface area contributed by atoms with Crippen molar-refractivity contribution < 1.29 is 23.1 Å². The van der Waals surface area contributed by atoms with E-state index in [0.717, 1.165) is 0 Å². The number of phenolic OH excluding ortho intramolecular Hbond substituents is 1. The number of phenols is 1. The van der Waals surface area contributed by atoms with Crippen LogP contribution in [0.15, 0.2) is 65.2 Å². The van der Waals surface area contributed by atoms with Crippen LogP contribution in [0.25, 0.3) is 11.3 Å². The van der Waals surface area contributed by atoms with Crippen molar-refractivity contribution in [3.8, 4) is 22.8 Å². The summed E-state index contributed by atoms with van der Waals surface area (Å²) >= 11 is 0. The average molecular weight is 482 g/mol. The van der Waals surface area contributed by atoms with Crippen LogP contribution in [0.4, 0.5) is 5.69 Å². The number of aromatic nitrogens is 1. The summed E-state index contributed by atoms with van der Waals surface area (Å²) in [6, 6.07) is 14.7.